The number of carbonyl (C=O) groups excluding carboxylic acids is 2. The summed E-state index contributed by atoms with van der Waals surface area (Å²) in [6.45, 7) is 1.85. The monoisotopic (exact) mass is 394 g/mol. The van der Waals surface area contributed by atoms with Crippen LogP contribution in [0.4, 0.5) is 4.79 Å². The molecule has 2 fully saturated rings. The number of benzene rings is 1. The Kier molecular flexibility index (Phi) is 4.39. The maximum absolute atomic E-state index is 12.6. The summed E-state index contributed by atoms with van der Waals surface area (Å²) in [5, 5.41) is 0.117. The van der Waals surface area contributed by atoms with Gasteiger partial charge in [0.1, 0.15) is 4.90 Å². The summed E-state index contributed by atoms with van der Waals surface area (Å²) in [6, 6.07) is 2.41. The van der Waals surface area contributed by atoms with E-state index in [0.717, 1.165) is 16.7 Å². The van der Waals surface area contributed by atoms with E-state index in [9.17, 15) is 18.0 Å². The third kappa shape index (κ3) is 2.87. The van der Waals surface area contributed by atoms with Gasteiger partial charge in [0, 0.05) is 18.1 Å². The van der Waals surface area contributed by atoms with Crippen molar-refractivity contribution in [2.24, 2.45) is 0 Å². The molecule has 1 aromatic rings. The number of hydrogen-bond donors (Lipinski definition) is 0. The Labute approximate surface area is 147 Å². The highest BCUT2D eigenvalue weighted by molar-refractivity contribution is 8.14. The number of imide groups is 1. The first-order valence-electron chi connectivity index (χ1n) is 6.66. The van der Waals surface area contributed by atoms with Crippen molar-refractivity contribution in [3.8, 4) is 0 Å². The van der Waals surface area contributed by atoms with Crippen LogP contribution in [0.1, 0.15) is 5.56 Å². The van der Waals surface area contributed by atoms with Crippen LogP contribution in [0.25, 0.3) is 0 Å². The van der Waals surface area contributed by atoms with E-state index in [1.54, 1.807) is 6.92 Å². The largest absolute Gasteiger partial charge is 0.289 e. The van der Waals surface area contributed by atoms with Crippen LogP contribution in [0.3, 0.4) is 0 Å². The maximum Gasteiger partial charge on any atom is 0.289 e. The average Bonchev–Trinajstić information content (AvgIpc) is 2.73. The van der Waals surface area contributed by atoms with Gasteiger partial charge >= 0.3 is 0 Å². The zero-order chi connectivity index (χ0) is 16.9. The normalized spacial score (nSPS) is 20.2. The van der Waals surface area contributed by atoms with Crippen molar-refractivity contribution in [1.82, 2.24) is 9.21 Å². The highest BCUT2D eigenvalue weighted by Crippen LogP contribution is 2.34. The first kappa shape index (κ1) is 17.0. The molecule has 10 heteroatoms. The minimum Gasteiger partial charge on any atom is -0.273 e. The van der Waals surface area contributed by atoms with E-state index in [1.165, 1.54) is 16.4 Å². The van der Waals surface area contributed by atoms with Crippen molar-refractivity contribution in [3.05, 3.63) is 27.7 Å². The lowest BCUT2D eigenvalue weighted by Gasteiger charge is -2.41. The van der Waals surface area contributed by atoms with E-state index in [4.69, 9.17) is 23.2 Å². The fourth-order valence-corrected chi connectivity index (χ4v) is 5.56. The van der Waals surface area contributed by atoms with Gasteiger partial charge in [0.15, 0.2) is 0 Å². The second-order valence-corrected chi connectivity index (χ2v) is 8.97. The molecule has 6 nitrogen and oxygen atoms in total. The van der Waals surface area contributed by atoms with Crippen LogP contribution >= 0.6 is 35.0 Å². The summed E-state index contributed by atoms with van der Waals surface area (Å²) in [5.74, 6) is -0.160. The molecule has 0 spiro atoms. The Morgan fingerprint density at radius 1 is 1.17 bits per heavy atom. The standard InChI is InChI=1S/C13H12Cl2N2O4S2/c1-7-2-11(10(15)3-9(7)14)23(20,21)16-4-8(5-16)17-12(18)6-22-13(17)19/h2-3,8H,4-6H2,1H3. The van der Waals surface area contributed by atoms with Crippen LogP contribution in [0.5, 0.6) is 0 Å². The Hall–Kier alpha value is -0.800. The third-order valence-electron chi connectivity index (χ3n) is 3.81. The number of sulfonamides is 1. The van der Waals surface area contributed by atoms with Crippen molar-refractivity contribution in [2.45, 2.75) is 17.9 Å². The molecule has 0 saturated carbocycles. The van der Waals surface area contributed by atoms with Crippen LogP contribution in [0, 0.1) is 6.92 Å². The summed E-state index contributed by atoms with van der Waals surface area (Å²) in [5.41, 5.74) is 0.605. The smallest absolute Gasteiger partial charge is 0.273 e. The van der Waals surface area contributed by atoms with Gasteiger partial charge in [-0.25, -0.2) is 8.42 Å². The Balaban J connectivity index is 1.80. The molecule has 0 bridgehead atoms. The predicted molar refractivity (Wildman–Crippen MR) is 88.4 cm³/mol. The first-order chi connectivity index (χ1) is 10.7. The maximum atomic E-state index is 12.6. The van der Waals surface area contributed by atoms with Crippen molar-refractivity contribution >= 4 is 56.1 Å². The highest BCUT2D eigenvalue weighted by atomic mass is 35.5. The molecule has 23 heavy (non-hydrogen) atoms. The number of halogens is 2. The van der Waals surface area contributed by atoms with Gasteiger partial charge in [-0.2, -0.15) is 4.31 Å². The van der Waals surface area contributed by atoms with E-state index in [0.29, 0.717) is 10.6 Å². The SMILES string of the molecule is Cc1cc(S(=O)(=O)N2CC(N3C(=O)CSC3=O)C2)c(Cl)cc1Cl. The molecule has 0 aliphatic carbocycles. The van der Waals surface area contributed by atoms with Crippen molar-refractivity contribution in [1.29, 1.82) is 0 Å². The van der Waals surface area contributed by atoms with E-state index >= 15 is 0 Å². The van der Waals surface area contributed by atoms with E-state index in [2.05, 4.69) is 0 Å². The van der Waals surface area contributed by atoms with Crippen LogP contribution in [0.15, 0.2) is 17.0 Å². The van der Waals surface area contributed by atoms with Crippen LogP contribution in [-0.2, 0) is 14.8 Å². The number of amides is 2. The average molecular weight is 395 g/mol. The highest BCUT2D eigenvalue weighted by Gasteiger charge is 2.46. The molecule has 0 aromatic heterocycles. The van der Waals surface area contributed by atoms with Crippen molar-refractivity contribution in [3.63, 3.8) is 0 Å². The topological polar surface area (TPSA) is 74.8 Å². The molecule has 0 N–H and O–H groups in total. The van der Waals surface area contributed by atoms with Crippen LogP contribution in [0.2, 0.25) is 10.0 Å². The molecular formula is C13H12Cl2N2O4S2. The zero-order valence-corrected chi connectivity index (χ0v) is 15.1. The van der Waals surface area contributed by atoms with E-state index < -0.39 is 16.1 Å². The molecule has 1 aromatic carbocycles. The van der Waals surface area contributed by atoms with Crippen molar-refractivity contribution in [2.75, 3.05) is 18.8 Å². The number of nitrogens with zero attached hydrogens (tertiary/aromatic N) is 2. The minimum absolute atomic E-state index is 0.0204. The Morgan fingerprint density at radius 2 is 1.83 bits per heavy atom. The Bertz CT molecular complexity index is 790. The van der Waals surface area contributed by atoms with Gasteiger partial charge in [0.05, 0.1) is 16.8 Å². The minimum atomic E-state index is -3.78. The van der Waals surface area contributed by atoms with Gasteiger partial charge in [-0.15, -0.1) is 0 Å². The van der Waals surface area contributed by atoms with Crippen molar-refractivity contribution < 1.29 is 18.0 Å². The fourth-order valence-electron chi connectivity index (χ4n) is 2.46. The molecule has 2 aliphatic heterocycles. The van der Waals surface area contributed by atoms with E-state index in [1.807, 2.05) is 0 Å². The van der Waals surface area contributed by atoms with Gasteiger partial charge in [0.25, 0.3) is 5.24 Å². The third-order valence-corrected chi connectivity index (χ3v) is 7.35. The van der Waals surface area contributed by atoms with Gasteiger partial charge in [0.2, 0.25) is 15.9 Å². The summed E-state index contributed by atoms with van der Waals surface area (Å²) in [7, 11) is -3.78. The molecule has 2 saturated heterocycles. The predicted octanol–water partition coefficient (Wildman–Crippen LogP) is 2.37. The van der Waals surface area contributed by atoms with Gasteiger partial charge in [-0.05, 0) is 24.6 Å². The Morgan fingerprint density at radius 3 is 2.39 bits per heavy atom. The summed E-state index contributed by atoms with van der Waals surface area (Å²) >= 11 is 12.9. The summed E-state index contributed by atoms with van der Waals surface area (Å²) < 4.78 is 26.5. The van der Waals surface area contributed by atoms with Gasteiger partial charge in [-0.1, -0.05) is 35.0 Å². The summed E-state index contributed by atoms with van der Waals surface area (Å²) in [6.07, 6.45) is 0. The number of aryl methyl sites for hydroxylation is 1. The lowest BCUT2D eigenvalue weighted by molar-refractivity contribution is -0.127. The molecule has 3 rings (SSSR count). The van der Waals surface area contributed by atoms with E-state index in [-0.39, 0.29) is 39.9 Å². The van der Waals surface area contributed by atoms with Crippen LogP contribution < -0.4 is 0 Å². The first-order valence-corrected chi connectivity index (χ1v) is 9.84. The second-order valence-electron chi connectivity index (χ2n) is 5.33. The molecule has 2 aliphatic rings. The fraction of sp³-hybridized carbons (Fsp3) is 0.385. The number of thioether (sulfide) groups is 1. The molecule has 0 atom stereocenters. The number of hydrogen-bond acceptors (Lipinski definition) is 5. The lowest BCUT2D eigenvalue weighted by Crippen LogP contribution is -2.61. The molecule has 0 radical (unpaired) electrons. The zero-order valence-electron chi connectivity index (χ0n) is 12.0. The second kappa shape index (κ2) is 5.93. The van der Waals surface area contributed by atoms with Gasteiger partial charge in [-0.3, -0.25) is 14.5 Å². The summed E-state index contributed by atoms with van der Waals surface area (Å²) in [4.78, 5) is 24.4. The quantitative estimate of drug-likeness (QED) is 0.786. The molecular weight excluding hydrogens is 383 g/mol. The molecule has 124 valence electrons. The number of rotatable bonds is 3. The molecule has 0 unspecified atom stereocenters. The molecule has 2 heterocycles. The van der Waals surface area contributed by atoms with Gasteiger partial charge < -0.3 is 0 Å². The lowest BCUT2D eigenvalue weighted by atomic mass is 10.1. The van der Waals surface area contributed by atoms with Crippen LogP contribution in [-0.4, -0.2) is 53.7 Å². The molecule has 2 amide bonds. The number of carbonyl (C=O) groups is 2.